The summed E-state index contributed by atoms with van der Waals surface area (Å²) >= 11 is 0. The lowest BCUT2D eigenvalue weighted by Crippen LogP contribution is -2.22. The van der Waals surface area contributed by atoms with Crippen molar-refractivity contribution in [2.24, 2.45) is 0 Å². The number of esters is 1. The van der Waals surface area contributed by atoms with E-state index in [1.165, 1.54) is 0 Å². The first-order chi connectivity index (χ1) is 9.06. The van der Waals surface area contributed by atoms with Crippen LogP contribution in [-0.4, -0.2) is 33.6 Å². The van der Waals surface area contributed by atoms with Crippen LogP contribution in [0.15, 0.2) is 6.20 Å². The fourth-order valence-corrected chi connectivity index (χ4v) is 2.43. The monoisotopic (exact) mass is 274 g/mol. The molecule has 1 heterocycles. The van der Waals surface area contributed by atoms with Gasteiger partial charge in [0.25, 0.3) is 6.43 Å². The zero-order valence-electron chi connectivity index (χ0n) is 10.6. The van der Waals surface area contributed by atoms with Crippen molar-refractivity contribution in [2.45, 2.75) is 44.8 Å². The lowest BCUT2D eigenvalue weighted by molar-refractivity contribution is 0.0509. The predicted molar refractivity (Wildman–Crippen MR) is 62.0 cm³/mol. The lowest BCUT2D eigenvalue weighted by Gasteiger charge is -2.18. The normalized spacial score (nSPS) is 23.0. The summed E-state index contributed by atoms with van der Waals surface area (Å²) in [7, 11) is 0. The second-order valence-corrected chi connectivity index (χ2v) is 4.47. The first-order valence-electron chi connectivity index (χ1n) is 6.27. The molecular formula is C12H16F2N2O3. The lowest BCUT2D eigenvalue weighted by atomic mass is 10.2. The molecule has 106 valence electrons. The van der Waals surface area contributed by atoms with Crippen LogP contribution in [-0.2, 0) is 4.74 Å². The van der Waals surface area contributed by atoms with Crippen molar-refractivity contribution >= 4 is 5.97 Å². The van der Waals surface area contributed by atoms with E-state index in [1.54, 1.807) is 6.92 Å². The summed E-state index contributed by atoms with van der Waals surface area (Å²) in [5.41, 5.74) is -0.694. The van der Waals surface area contributed by atoms with Crippen molar-refractivity contribution in [3.05, 3.63) is 17.5 Å². The van der Waals surface area contributed by atoms with Crippen molar-refractivity contribution in [3.63, 3.8) is 0 Å². The molecule has 1 N–H and O–H groups in total. The highest BCUT2D eigenvalue weighted by molar-refractivity contribution is 5.90. The largest absolute Gasteiger partial charge is 0.462 e. The van der Waals surface area contributed by atoms with Crippen LogP contribution >= 0.6 is 0 Å². The highest BCUT2D eigenvalue weighted by Crippen LogP contribution is 2.34. The van der Waals surface area contributed by atoms with Gasteiger partial charge in [-0.15, -0.1) is 0 Å². The molecule has 0 aromatic carbocycles. The third-order valence-electron chi connectivity index (χ3n) is 3.29. The number of hydrogen-bond donors (Lipinski definition) is 1. The van der Waals surface area contributed by atoms with Gasteiger partial charge in [-0.25, -0.2) is 13.6 Å². The maximum absolute atomic E-state index is 13.2. The zero-order chi connectivity index (χ0) is 14.0. The van der Waals surface area contributed by atoms with Gasteiger partial charge in [-0.1, -0.05) is 0 Å². The summed E-state index contributed by atoms with van der Waals surface area (Å²) in [6.45, 7) is 1.71. The number of aliphatic hydroxyl groups is 1. The Hall–Kier alpha value is -1.50. The molecule has 19 heavy (non-hydrogen) atoms. The van der Waals surface area contributed by atoms with Crippen LogP contribution in [0.4, 0.5) is 8.78 Å². The second-order valence-electron chi connectivity index (χ2n) is 4.47. The van der Waals surface area contributed by atoms with Crippen LogP contribution in [0.25, 0.3) is 0 Å². The Morgan fingerprint density at radius 3 is 2.89 bits per heavy atom. The molecule has 2 unspecified atom stereocenters. The predicted octanol–water partition coefficient (Wildman–Crippen LogP) is 2.08. The molecule has 2 rings (SSSR count). The van der Waals surface area contributed by atoms with Crippen molar-refractivity contribution in [2.75, 3.05) is 6.61 Å². The minimum Gasteiger partial charge on any atom is -0.462 e. The molecular weight excluding hydrogens is 258 g/mol. The van der Waals surface area contributed by atoms with Crippen molar-refractivity contribution < 1.29 is 23.4 Å². The highest BCUT2D eigenvalue weighted by atomic mass is 19.3. The highest BCUT2D eigenvalue weighted by Gasteiger charge is 2.34. The molecule has 0 spiro atoms. The van der Waals surface area contributed by atoms with E-state index in [-0.39, 0.29) is 12.2 Å². The van der Waals surface area contributed by atoms with E-state index >= 15 is 0 Å². The SMILES string of the molecule is CCOC(=O)c1cnn(C2CCCC2O)c1C(F)F. The van der Waals surface area contributed by atoms with Gasteiger partial charge in [-0.2, -0.15) is 5.10 Å². The number of aliphatic hydroxyl groups excluding tert-OH is 1. The van der Waals surface area contributed by atoms with Crippen molar-refractivity contribution in [1.29, 1.82) is 0 Å². The first-order valence-corrected chi connectivity index (χ1v) is 6.27. The molecule has 7 heteroatoms. The third kappa shape index (κ3) is 2.60. The number of halogens is 2. The summed E-state index contributed by atoms with van der Waals surface area (Å²) in [5.74, 6) is -0.809. The standard InChI is InChI=1S/C12H16F2N2O3/c1-2-19-12(18)7-6-15-16(10(7)11(13)14)8-4-3-5-9(8)17/h6,8-9,11,17H,2-5H2,1H3. The van der Waals surface area contributed by atoms with E-state index in [2.05, 4.69) is 5.10 Å². The Morgan fingerprint density at radius 2 is 2.37 bits per heavy atom. The number of carbonyl (C=O) groups excluding carboxylic acids is 1. The van der Waals surface area contributed by atoms with Crippen LogP contribution in [0, 0.1) is 0 Å². The van der Waals surface area contributed by atoms with Gasteiger partial charge in [0.15, 0.2) is 0 Å². The number of alkyl halides is 2. The Kier molecular flexibility index (Phi) is 4.14. The van der Waals surface area contributed by atoms with Gasteiger partial charge in [0.05, 0.1) is 24.9 Å². The molecule has 1 aromatic heterocycles. The third-order valence-corrected chi connectivity index (χ3v) is 3.29. The molecule has 0 saturated heterocycles. The van der Waals surface area contributed by atoms with E-state index in [9.17, 15) is 18.7 Å². The van der Waals surface area contributed by atoms with E-state index in [0.717, 1.165) is 17.3 Å². The van der Waals surface area contributed by atoms with Crippen LogP contribution in [0.3, 0.4) is 0 Å². The first kappa shape index (κ1) is 13.9. The van der Waals surface area contributed by atoms with E-state index in [1.807, 2.05) is 0 Å². The topological polar surface area (TPSA) is 64.3 Å². The fraction of sp³-hybridized carbons (Fsp3) is 0.667. The quantitative estimate of drug-likeness (QED) is 0.854. The smallest absolute Gasteiger partial charge is 0.341 e. The fourth-order valence-electron chi connectivity index (χ4n) is 2.43. The number of rotatable bonds is 4. The molecule has 0 bridgehead atoms. The molecule has 1 aliphatic carbocycles. The van der Waals surface area contributed by atoms with Crippen molar-refractivity contribution in [1.82, 2.24) is 9.78 Å². The van der Waals surface area contributed by atoms with E-state index in [0.29, 0.717) is 12.8 Å². The van der Waals surface area contributed by atoms with Crippen LogP contribution in [0.5, 0.6) is 0 Å². The van der Waals surface area contributed by atoms with E-state index < -0.39 is 30.2 Å². The molecule has 5 nitrogen and oxygen atoms in total. The number of carbonyl (C=O) groups is 1. The van der Waals surface area contributed by atoms with Gasteiger partial charge < -0.3 is 9.84 Å². The van der Waals surface area contributed by atoms with Gasteiger partial charge in [-0.05, 0) is 26.2 Å². The van der Waals surface area contributed by atoms with Gasteiger partial charge in [0.2, 0.25) is 0 Å². The molecule has 0 amide bonds. The summed E-state index contributed by atoms with van der Waals surface area (Å²) in [6, 6.07) is -0.493. The summed E-state index contributed by atoms with van der Waals surface area (Å²) in [4.78, 5) is 11.6. The maximum Gasteiger partial charge on any atom is 0.341 e. The number of aromatic nitrogens is 2. The minimum atomic E-state index is -2.84. The van der Waals surface area contributed by atoms with Gasteiger partial charge in [0.1, 0.15) is 11.3 Å². The second kappa shape index (κ2) is 5.64. The zero-order valence-corrected chi connectivity index (χ0v) is 10.6. The van der Waals surface area contributed by atoms with Crippen LogP contribution in [0.1, 0.15) is 54.7 Å². The average molecular weight is 274 g/mol. The summed E-state index contributed by atoms with van der Waals surface area (Å²) in [6.07, 6.45) is -0.567. The summed E-state index contributed by atoms with van der Waals surface area (Å²) in [5, 5.41) is 13.6. The Morgan fingerprint density at radius 1 is 1.63 bits per heavy atom. The van der Waals surface area contributed by atoms with Crippen LogP contribution < -0.4 is 0 Å². The average Bonchev–Trinajstić information content (AvgIpc) is 2.94. The molecule has 1 saturated carbocycles. The Labute approximate surface area is 109 Å². The molecule has 0 aliphatic heterocycles. The molecule has 0 radical (unpaired) electrons. The number of ether oxygens (including phenoxy) is 1. The Bertz CT molecular complexity index is 462. The van der Waals surface area contributed by atoms with Crippen LogP contribution in [0.2, 0.25) is 0 Å². The number of hydrogen-bond acceptors (Lipinski definition) is 4. The van der Waals surface area contributed by atoms with Gasteiger partial charge in [0, 0.05) is 0 Å². The number of nitrogens with zero attached hydrogens (tertiary/aromatic N) is 2. The van der Waals surface area contributed by atoms with Gasteiger partial charge >= 0.3 is 5.97 Å². The van der Waals surface area contributed by atoms with Gasteiger partial charge in [-0.3, -0.25) is 4.68 Å². The molecule has 1 aliphatic rings. The molecule has 1 aromatic rings. The minimum absolute atomic E-state index is 0.110. The van der Waals surface area contributed by atoms with Crippen molar-refractivity contribution in [3.8, 4) is 0 Å². The Balaban J connectivity index is 2.37. The maximum atomic E-state index is 13.2. The summed E-state index contributed by atoms with van der Waals surface area (Å²) < 4.78 is 32.1. The molecule has 1 fully saturated rings. The molecule has 2 atom stereocenters. The van der Waals surface area contributed by atoms with E-state index in [4.69, 9.17) is 4.74 Å².